The van der Waals surface area contributed by atoms with Gasteiger partial charge in [-0.25, -0.2) is 0 Å². The number of hydrogen-bond acceptors (Lipinski definition) is 13. The zero-order chi connectivity index (χ0) is 5.11. The lowest BCUT2D eigenvalue weighted by Crippen LogP contribution is -1.94. The number of nitrogens with zero attached hydrogens (tertiary/aromatic N) is 1. The first-order valence-corrected chi connectivity index (χ1v) is 2.59. The van der Waals surface area contributed by atoms with E-state index in [4.69, 9.17) is 4.74 Å². The zero-order valence-electron chi connectivity index (χ0n) is 12.3. The van der Waals surface area contributed by atoms with Gasteiger partial charge in [-0.1, -0.05) is 6.92 Å². The Morgan fingerprint density at radius 2 is 1.11 bits per heavy atom. The molecule has 128 valence electrons. The Kier molecular flexibility index (Phi) is 490. The second-order valence-electron chi connectivity index (χ2n) is 1.48. The first-order valence-electron chi connectivity index (χ1n) is 2.59. The molecule has 0 aliphatic carbocycles. The topological polar surface area (TPSA) is 407 Å². The second-order valence-corrected chi connectivity index (χ2v) is 1.48. The van der Waals surface area contributed by atoms with Gasteiger partial charge in [-0.05, 0) is 0 Å². The molecular weight excluding hydrogens is 244 g/mol. The molecule has 0 bridgehead atoms. The smallest absolute Gasteiger partial charge is 0.183 e. The van der Waals surface area contributed by atoms with Crippen molar-refractivity contribution in [3.63, 3.8) is 0 Å². The van der Waals surface area contributed by atoms with Gasteiger partial charge >= 0.3 is 0 Å². The van der Waals surface area contributed by atoms with E-state index >= 15 is 0 Å². The van der Waals surface area contributed by atoms with Crippen LogP contribution < -0.4 is 67.7 Å². The number of aliphatic imine (C=N–C) groups is 1. The molecule has 0 aromatic rings. The third-order valence-corrected chi connectivity index (χ3v) is 0.951. The first kappa shape index (κ1) is 120. The van der Waals surface area contributed by atoms with Crippen LogP contribution in [0.3, 0.4) is 0 Å². The predicted octanol–water partition coefficient (Wildman–Crippen LogP) is 2.61. The average molecular weight is 286 g/mol. The summed E-state index contributed by atoms with van der Waals surface area (Å²) in [5.74, 6) is 0.917. The van der Waals surface area contributed by atoms with Crippen molar-refractivity contribution < 1.29 is 4.74 Å². The Labute approximate surface area is 111 Å². The second kappa shape index (κ2) is 73.3. The molecule has 0 atom stereocenters. The fraction of sp³-hybridized carbons (Fsp3) is 0.800. The highest BCUT2D eigenvalue weighted by atomic mass is 16.5. The van der Waals surface area contributed by atoms with Gasteiger partial charge in [-0.3, -0.25) is 4.99 Å². The molecule has 0 amide bonds. The van der Waals surface area contributed by atoms with Gasteiger partial charge in [0, 0.05) is 6.42 Å². The molecular formula is C5H42N12O. The third-order valence-electron chi connectivity index (χ3n) is 0.951. The fourth-order valence-electron chi connectivity index (χ4n) is 0.593. The van der Waals surface area contributed by atoms with Crippen LogP contribution in [0, 0.1) is 0 Å². The molecule has 0 saturated carbocycles. The Balaban J connectivity index is -0.00000000495. The Morgan fingerprint density at radius 1 is 0.778 bits per heavy atom. The highest BCUT2D eigenvalue weighted by Gasteiger charge is 2.01. The van der Waals surface area contributed by atoms with Crippen molar-refractivity contribution in [3.05, 3.63) is 0 Å². The maximum absolute atomic E-state index is 5.05. The maximum atomic E-state index is 5.05. The molecule has 0 radical (unpaired) electrons. The number of ether oxygens (including phenoxy) is 1. The number of rotatable bonds is 1. The SMILES string of the molecule is CCC1=NCCO1.N.N.N.N.N.N.N.N.N.N.N. The highest BCUT2D eigenvalue weighted by molar-refractivity contribution is 5.76. The lowest BCUT2D eigenvalue weighted by molar-refractivity contribution is 0.340. The van der Waals surface area contributed by atoms with E-state index in [1.165, 1.54) is 0 Å². The maximum Gasteiger partial charge on any atom is 0.183 e. The lowest BCUT2D eigenvalue weighted by atomic mass is 10.5. The Bertz CT molecular complexity index is 100. The van der Waals surface area contributed by atoms with E-state index in [2.05, 4.69) is 4.99 Å². The molecule has 18 heavy (non-hydrogen) atoms. The summed E-state index contributed by atoms with van der Waals surface area (Å²) in [6.07, 6.45) is 0.944. The molecule has 0 saturated heterocycles. The van der Waals surface area contributed by atoms with Gasteiger partial charge in [-0.15, -0.1) is 0 Å². The van der Waals surface area contributed by atoms with E-state index < -0.39 is 0 Å². The van der Waals surface area contributed by atoms with Crippen LogP contribution in [0.25, 0.3) is 0 Å². The van der Waals surface area contributed by atoms with Crippen LogP contribution in [0.2, 0.25) is 0 Å². The average Bonchev–Trinajstić information content (AvgIpc) is 2.14. The van der Waals surface area contributed by atoms with Crippen LogP contribution in [0.5, 0.6) is 0 Å². The minimum Gasteiger partial charge on any atom is -0.479 e. The van der Waals surface area contributed by atoms with Crippen molar-refractivity contribution in [2.45, 2.75) is 13.3 Å². The van der Waals surface area contributed by atoms with Crippen LogP contribution >= 0.6 is 0 Å². The standard InChI is InChI=1S/C5H9NO.11H3N/c1-2-5-6-3-4-7-5;;;;;;;;;;;/h2-4H2,1H3;11*1H3. The van der Waals surface area contributed by atoms with Gasteiger partial charge in [0.1, 0.15) is 6.61 Å². The van der Waals surface area contributed by atoms with Crippen LogP contribution in [-0.2, 0) is 4.74 Å². The van der Waals surface area contributed by atoms with E-state index in [-0.39, 0.29) is 67.7 Å². The summed E-state index contributed by atoms with van der Waals surface area (Å²) < 4.78 is 5.05. The van der Waals surface area contributed by atoms with E-state index in [0.717, 1.165) is 25.5 Å². The summed E-state index contributed by atoms with van der Waals surface area (Å²) in [4.78, 5) is 4.05. The summed E-state index contributed by atoms with van der Waals surface area (Å²) in [7, 11) is 0. The van der Waals surface area contributed by atoms with Crippen molar-refractivity contribution in [1.29, 1.82) is 0 Å². The van der Waals surface area contributed by atoms with Crippen molar-refractivity contribution in [2.75, 3.05) is 13.2 Å². The van der Waals surface area contributed by atoms with Gasteiger partial charge in [-0.2, -0.15) is 0 Å². The lowest BCUT2D eigenvalue weighted by Gasteiger charge is -1.91. The number of hydrogen-bond donors (Lipinski definition) is 11. The van der Waals surface area contributed by atoms with Crippen LogP contribution in [0.15, 0.2) is 4.99 Å². The monoisotopic (exact) mass is 286 g/mol. The molecule has 13 heteroatoms. The summed E-state index contributed by atoms with van der Waals surface area (Å²) in [5.41, 5.74) is 0. The van der Waals surface area contributed by atoms with E-state index in [1.807, 2.05) is 6.92 Å². The largest absolute Gasteiger partial charge is 0.479 e. The van der Waals surface area contributed by atoms with Gasteiger partial charge in [0.2, 0.25) is 0 Å². The van der Waals surface area contributed by atoms with Crippen molar-refractivity contribution in [2.24, 2.45) is 4.99 Å². The molecule has 1 aliphatic rings. The van der Waals surface area contributed by atoms with Crippen molar-refractivity contribution in [1.82, 2.24) is 67.7 Å². The molecule has 0 fully saturated rings. The predicted molar refractivity (Wildman–Crippen MR) is 83.8 cm³/mol. The molecule has 33 N–H and O–H groups in total. The van der Waals surface area contributed by atoms with Crippen LogP contribution in [-0.4, -0.2) is 19.0 Å². The quantitative estimate of drug-likeness (QED) is 0.330. The summed E-state index contributed by atoms with van der Waals surface area (Å²) in [6.45, 7) is 3.70. The molecule has 1 aliphatic heterocycles. The molecule has 0 aromatic heterocycles. The van der Waals surface area contributed by atoms with Gasteiger partial charge in [0.25, 0.3) is 0 Å². The molecule has 1 heterocycles. The summed E-state index contributed by atoms with van der Waals surface area (Å²) >= 11 is 0. The van der Waals surface area contributed by atoms with Gasteiger partial charge in [0.15, 0.2) is 5.90 Å². The molecule has 0 aromatic carbocycles. The Hall–Kier alpha value is -0.970. The molecule has 0 unspecified atom stereocenters. The zero-order valence-corrected chi connectivity index (χ0v) is 12.3. The van der Waals surface area contributed by atoms with Gasteiger partial charge in [0.05, 0.1) is 6.54 Å². The summed E-state index contributed by atoms with van der Waals surface area (Å²) in [6, 6.07) is 0. The Morgan fingerprint density at radius 3 is 1.22 bits per heavy atom. The summed E-state index contributed by atoms with van der Waals surface area (Å²) in [5, 5.41) is 0. The van der Waals surface area contributed by atoms with Gasteiger partial charge < -0.3 is 72.4 Å². The van der Waals surface area contributed by atoms with E-state index in [9.17, 15) is 0 Å². The third kappa shape index (κ3) is 45.9. The normalized spacial score (nSPS) is 7.28. The molecule has 0 spiro atoms. The minimum absolute atomic E-state index is 0. The minimum atomic E-state index is 0. The molecule has 13 nitrogen and oxygen atoms in total. The first-order chi connectivity index (χ1) is 3.43. The van der Waals surface area contributed by atoms with E-state index in [0.29, 0.717) is 0 Å². The molecule has 1 rings (SSSR count). The van der Waals surface area contributed by atoms with Crippen molar-refractivity contribution in [3.8, 4) is 0 Å². The van der Waals surface area contributed by atoms with Crippen LogP contribution in [0.1, 0.15) is 13.3 Å². The highest BCUT2D eigenvalue weighted by Crippen LogP contribution is 1.95. The van der Waals surface area contributed by atoms with Crippen molar-refractivity contribution >= 4 is 5.90 Å². The fourth-order valence-corrected chi connectivity index (χ4v) is 0.593. The van der Waals surface area contributed by atoms with E-state index in [1.54, 1.807) is 0 Å². The van der Waals surface area contributed by atoms with Crippen LogP contribution in [0.4, 0.5) is 0 Å².